The van der Waals surface area contributed by atoms with Gasteiger partial charge in [0.15, 0.2) is 0 Å². The predicted molar refractivity (Wildman–Crippen MR) is 86.5 cm³/mol. The number of carbonyl (C=O) groups excluding carboxylic acids is 2. The number of pyridine rings is 1. The standard InChI is InChI=1S/C17H25N3O3/c1-2-23-16(21)7-11-20(13-14-4-3-8-19-12-14)17(22)15-5-9-18-10-6-15/h3-4,8,12,15,18H,2,5-7,9-11,13H2,1H3. The second-order valence-electron chi connectivity index (χ2n) is 5.70. The van der Waals surface area contributed by atoms with Crippen molar-refractivity contribution in [3.8, 4) is 0 Å². The lowest BCUT2D eigenvalue weighted by Crippen LogP contribution is -2.41. The van der Waals surface area contributed by atoms with E-state index in [1.165, 1.54) is 0 Å². The van der Waals surface area contributed by atoms with Crippen molar-refractivity contribution in [2.45, 2.75) is 32.7 Å². The number of hydrogen-bond donors (Lipinski definition) is 1. The van der Waals surface area contributed by atoms with Gasteiger partial charge in [0.1, 0.15) is 0 Å². The molecule has 6 heteroatoms. The van der Waals surface area contributed by atoms with Crippen LogP contribution in [0.5, 0.6) is 0 Å². The van der Waals surface area contributed by atoms with Crippen molar-refractivity contribution in [3.63, 3.8) is 0 Å². The van der Waals surface area contributed by atoms with Crippen LogP contribution in [-0.4, -0.2) is 48.0 Å². The normalized spacial score (nSPS) is 15.2. The maximum atomic E-state index is 12.8. The number of nitrogens with one attached hydrogen (secondary N) is 1. The Kier molecular flexibility index (Phi) is 7.00. The molecule has 2 rings (SSSR count). The minimum atomic E-state index is -0.262. The van der Waals surface area contributed by atoms with Crippen LogP contribution in [0.3, 0.4) is 0 Å². The summed E-state index contributed by atoms with van der Waals surface area (Å²) in [5.74, 6) is -0.100. The van der Waals surface area contributed by atoms with Crippen LogP contribution in [0.1, 0.15) is 31.7 Å². The molecule has 1 fully saturated rings. The van der Waals surface area contributed by atoms with Gasteiger partial charge in [0.05, 0.1) is 13.0 Å². The third-order valence-corrected chi connectivity index (χ3v) is 3.99. The largest absolute Gasteiger partial charge is 0.466 e. The molecular weight excluding hydrogens is 294 g/mol. The highest BCUT2D eigenvalue weighted by Gasteiger charge is 2.26. The lowest BCUT2D eigenvalue weighted by atomic mass is 9.96. The van der Waals surface area contributed by atoms with Gasteiger partial charge in [-0.1, -0.05) is 6.07 Å². The summed E-state index contributed by atoms with van der Waals surface area (Å²) in [6, 6.07) is 3.80. The van der Waals surface area contributed by atoms with Crippen molar-refractivity contribution in [1.82, 2.24) is 15.2 Å². The third kappa shape index (κ3) is 5.63. The van der Waals surface area contributed by atoms with Gasteiger partial charge >= 0.3 is 5.97 Å². The molecule has 1 aromatic rings. The first-order chi connectivity index (χ1) is 11.2. The third-order valence-electron chi connectivity index (χ3n) is 3.99. The molecule has 1 aliphatic rings. The molecule has 1 N–H and O–H groups in total. The number of amides is 1. The van der Waals surface area contributed by atoms with Gasteiger partial charge in [-0.2, -0.15) is 0 Å². The number of carbonyl (C=O) groups is 2. The Morgan fingerprint density at radius 1 is 1.39 bits per heavy atom. The molecule has 0 saturated carbocycles. The molecule has 0 aromatic carbocycles. The van der Waals surface area contributed by atoms with E-state index < -0.39 is 0 Å². The quantitative estimate of drug-likeness (QED) is 0.769. The number of esters is 1. The molecule has 0 spiro atoms. The van der Waals surface area contributed by atoms with E-state index in [9.17, 15) is 9.59 Å². The SMILES string of the molecule is CCOC(=O)CCN(Cc1cccnc1)C(=O)C1CCNCC1. The average molecular weight is 319 g/mol. The second-order valence-corrected chi connectivity index (χ2v) is 5.70. The monoisotopic (exact) mass is 319 g/mol. The van der Waals surface area contributed by atoms with Crippen LogP contribution in [0.2, 0.25) is 0 Å². The molecule has 126 valence electrons. The van der Waals surface area contributed by atoms with E-state index in [2.05, 4.69) is 10.3 Å². The summed E-state index contributed by atoms with van der Waals surface area (Å²) in [4.78, 5) is 30.3. The van der Waals surface area contributed by atoms with E-state index >= 15 is 0 Å². The minimum absolute atomic E-state index is 0.0371. The Labute approximate surface area is 137 Å². The van der Waals surface area contributed by atoms with Crippen molar-refractivity contribution in [3.05, 3.63) is 30.1 Å². The van der Waals surface area contributed by atoms with Crippen molar-refractivity contribution in [2.75, 3.05) is 26.2 Å². The van der Waals surface area contributed by atoms with Crippen LogP contribution in [-0.2, 0) is 20.9 Å². The summed E-state index contributed by atoms with van der Waals surface area (Å²) in [7, 11) is 0. The topological polar surface area (TPSA) is 71.5 Å². The second kappa shape index (κ2) is 9.25. The Hall–Kier alpha value is -1.95. The summed E-state index contributed by atoms with van der Waals surface area (Å²) in [5.41, 5.74) is 0.971. The van der Waals surface area contributed by atoms with E-state index in [-0.39, 0.29) is 24.2 Å². The zero-order valence-electron chi connectivity index (χ0n) is 13.7. The number of hydrogen-bond acceptors (Lipinski definition) is 5. The van der Waals surface area contributed by atoms with E-state index in [1.807, 2.05) is 12.1 Å². The summed E-state index contributed by atoms with van der Waals surface area (Å²) in [6.07, 6.45) is 5.39. The van der Waals surface area contributed by atoms with Gasteiger partial charge in [-0.15, -0.1) is 0 Å². The first-order valence-corrected chi connectivity index (χ1v) is 8.24. The Morgan fingerprint density at radius 3 is 2.83 bits per heavy atom. The first-order valence-electron chi connectivity index (χ1n) is 8.24. The predicted octanol–water partition coefficient (Wildman–Crippen LogP) is 1.36. The molecule has 23 heavy (non-hydrogen) atoms. The van der Waals surface area contributed by atoms with Crippen LogP contribution in [0.4, 0.5) is 0 Å². The number of nitrogens with zero attached hydrogens (tertiary/aromatic N) is 2. The molecule has 0 radical (unpaired) electrons. The summed E-state index contributed by atoms with van der Waals surface area (Å²) in [5, 5.41) is 3.27. The van der Waals surface area contributed by atoms with Gasteiger partial charge in [-0.05, 0) is 44.5 Å². The molecule has 1 aromatic heterocycles. The summed E-state index contributed by atoms with van der Waals surface area (Å²) < 4.78 is 4.97. The maximum absolute atomic E-state index is 12.8. The molecule has 1 amide bonds. The molecule has 0 atom stereocenters. The van der Waals surface area contributed by atoms with E-state index in [0.29, 0.717) is 19.7 Å². The van der Waals surface area contributed by atoms with E-state index in [1.54, 1.807) is 24.2 Å². The first kappa shape index (κ1) is 17.4. The molecule has 1 aliphatic heterocycles. The zero-order chi connectivity index (χ0) is 16.5. The highest BCUT2D eigenvalue weighted by atomic mass is 16.5. The highest BCUT2D eigenvalue weighted by Crippen LogP contribution is 2.17. The van der Waals surface area contributed by atoms with Gasteiger partial charge < -0.3 is 15.0 Å². The van der Waals surface area contributed by atoms with Crippen LogP contribution in [0, 0.1) is 5.92 Å². The zero-order valence-corrected chi connectivity index (χ0v) is 13.7. The van der Waals surface area contributed by atoms with Gasteiger partial charge in [0.2, 0.25) is 5.91 Å². The minimum Gasteiger partial charge on any atom is -0.466 e. The van der Waals surface area contributed by atoms with Crippen LogP contribution in [0.25, 0.3) is 0 Å². The van der Waals surface area contributed by atoms with E-state index in [0.717, 1.165) is 31.5 Å². The fourth-order valence-corrected chi connectivity index (χ4v) is 2.77. The number of rotatable bonds is 7. The van der Waals surface area contributed by atoms with Gasteiger partial charge in [0, 0.05) is 31.4 Å². The van der Waals surface area contributed by atoms with Crippen molar-refractivity contribution in [1.29, 1.82) is 0 Å². The molecule has 2 heterocycles. The van der Waals surface area contributed by atoms with Crippen molar-refractivity contribution < 1.29 is 14.3 Å². The molecule has 0 aliphatic carbocycles. The van der Waals surface area contributed by atoms with E-state index in [4.69, 9.17) is 4.74 Å². The molecule has 0 bridgehead atoms. The van der Waals surface area contributed by atoms with Crippen LogP contribution >= 0.6 is 0 Å². The fourth-order valence-electron chi connectivity index (χ4n) is 2.77. The average Bonchev–Trinajstić information content (AvgIpc) is 2.60. The van der Waals surface area contributed by atoms with Gasteiger partial charge in [0.25, 0.3) is 0 Å². The van der Waals surface area contributed by atoms with Gasteiger partial charge in [-0.3, -0.25) is 14.6 Å². The Bertz CT molecular complexity index is 501. The lowest BCUT2D eigenvalue weighted by Gasteiger charge is -2.29. The Balaban J connectivity index is 2.00. The number of ether oxygens (including phenoxy) is 1. The lowest BCUT2D eigenvalue weighted by molar-refractivity contribution is -0.144. The fraction of sp³-hybridized carbons (Fsp3) is 0.588. The van der Waals surface area contributed by atoms with Crippen molar-refractivity contribution >= 4 is 11.9 Å². The highest BCUT2D eigenvalue weighted by molar-refractivity contribution is 5.79. The van der Waals surface area contributed by atoms with Crippen LogP contribution in [0.15, 0.2) is 24.5 Å². The molecular formula is C17H25N3O3. The number of aromatic nitrogens is 1. The van der Waals surface area contributed by atoms with Gasteiger partial charge in [-0.25, -0.2) is 0 Å². The molecule has 6 nitrogen and oxygen atoms in total. The smallest absolute Gasteiger partial charge is 0.307 e. The molecule has 1 saturated heterocycles. The van der Waals surface area contributed by atoms with Crippen molar-refractivity contribution in [2.24, 2.45) is 5.92 Å². The Morgan fingerprint density at radius 2 is 2.17 bits per heavy atom. The maximum Gasteiger partial charge on any atom is 0.307 e. The summed E-state index contributed by atoms with van der Waals surface area (Å²) in [6.45, 7) is 4.76. The molecule has 0 unspecified atom stereocenters. The summed E-state index contributed by atoms with van der Waals surface area (Å²) >= 11 is 0. The van der Waals surface area contributed by atoms with Crippen LogP contribution < -0.4 is 5.32 Å². The number of piperidine rings is 1.